The molecule has 1 atom stereocenters. The molecule has 0 bridgehead atoms. The van der Waals surface area contributed by atoms with Crippen molar-refractivity contribution >= 4 is 0 Å². The number of ether oxygens (including phenoxy) is 1. The number of nitrogens with one attached hydrogen (secondary N) is 1. The minimum absolute atomic E-state index is 0.111. The molecule has 1 aromatic heterocycles. The Kier molecular flexibility index (Phi) is 4.45. The Morgan fingerprint density at radius 1 is 1.47 bits per heavy atom. The summed E-state index contributed by atoms with van der Waals surface area (Å²) in [6, 6.07) is 2.04. The van der Waals surface area contributed by atoms with Crippen LogP contribution >= 0.6 is 0 Å². The second-order valence-electron chi connectivity index (χ2n) is 4.54. The molecule has 0 aromatic carbocycles. The largest absolute Gasteiger partial charge is 0.370 e. The number of hydrogen-bond donors (Lipinski definition) is 1. The van der Waals surface area contributed by atoms with Crippen LogP contribution in [0.2, 0.25) is 0 Å². The van der Waals surface area contributed by atoms with E-state index in [1.165, 1.54) is 0 Å². The highest BCUT2D eigenvalue weighted by molar-refractivity contribution is 5.11. The molecule has 0 saturated carbocycles. The van der Waals surface area contributed by atoms with Gasteiger partial charge in [-0.1, -0.05) is 6.92 Å². The lowest BCUT2D eigenvalue weighted by atomic mass is 10.2. The van der Waals surface area contributed by atoms with Crippen LogP contribution in [0.1, 0.15) is 49.5 Å². The van der Waals surface area contributed by atoms with Gasteiger partial charge in [0.2, 0.25) is 0 Å². The predicted octanol–water partition coefficient (Wildman–Crippen LogP) is 2.14. The summed E-state index contributed by atoms with van der Waals surface area (Å²) in [4.78, 5) is 9.07. The number of aromatic nitrogens is 2. The van der Waals surface area contributed by atoms with Gasteiger partial charge in [-0.25, -0.2) is 9.97 Å². The maximum Gasteiger partial charge on any atom is 0.157 e. The van der Waals surface area contributed by atoms with Crippen molar-refractivity contribution in [3.8, 4) is 0 Å². The van der Waals surface area contributed by atoms with Crippen LogP contribution in [-0.4, -0.2) is 23.1 Å². The van der Waals surface area contributed by atoms with Crippen LogP contribution in [0.4, 0.5) is 0 Å². The maximum absolute atomic E-state index is 5.63. The van der Waals surface area contributed by atoms with E-state index in [9.17, 15) is 0 Å². The third-order valence-electron chi connectivity index (χ3n) is 2.88. The Balaban J connectivity index is 2.05. The average molecular weight is 235 g/mol. The second-order valence-corrected chi connectivity index (χ2v) is 4.54. The topological polar surface area (TPSA) is 47.0 Å². The van der Waals surface area contributed by atoms with Gasteiger partial charge in [0.05, 0.1) is 5.69 Å². The van der Waals surface area contributed by atoms with Crippen LogP contribution in [0.3, 0.4) is 0 Å². The minimum Gasteiger partial charge on any atom is -0.370 e. The third-order valence-corrected chi connectivity index (χ3v) is 2.88. The Hall–Kier alpha value is -1.00. The summed E-state index contributed by atoms with van der Waals surface area (Å²) in [5.41, 5.74) is 2.09. The first-order valence-corrected chi connectivity index (χ1v) is 6.46. The Bertz CT molecular complexity index is 362. The molecule has 0 spiro atoms. The molecule has 1 fully saturated rings. The van der Waals surface area contributed by atoms with Crippen molar-refractivity contribution < 1.29 is 4.74 Å². The molecular weight excluding hydrogens is 214 g/mol. The van der Waals surface area contributed by atoms with E-state index in [4.69, 9.17) is 4.74 Å². The van der Waals surface area contributed by atoms with Gasteiger partial charge in [-0.15, -0.1) is 0 Å². The lowest BCUT2D eigenvalue weighted by molar-refractivity contribution is 0.104. The van der Waals surface area contributed by atoms with Crippen molar-refractivity contribution in [2.75, 3.05) is 13.2 Å². The Labute approximate surface area is 103 Å². The average Bonchev–Trinajstić information content (AvgIpc) is 2.82. The molecule has 1 aliphatic rings. The molecular formula is C13H21N3O. The Morgan fingerprint density at radius 2 is 2.35 bits per heavy atom. The first kappa shape index (κ1) is 12.5. The van der Waals surface area contributed by atoms with Crippen molar-refractivity contribution in [3.63, 3.8) is 0 Å². The summed E-state index contributed by atoms with van der Waals surface area (Å²) in [5.74, 6) is 0.857. The first-order valence-electron chi connectivity index (χ1n) is 6.46. The molecule has 1 N–H and O–H groups in total. The number of nitrogens with zero attached hydrogens (tertiary/aromatic N) is 2. The van der Waals surface area contributed by atoms with Gasteiger partial charge in [0, 0.05) is 18.8 Å². The van der Waals surface area contributed by atoms with Gasteiger partial charge >= 0.3 is 0 Å². The van der Waals surface area contributed by atoms with Crippen LogP contribution < -0.4 is 5.32 Å². The molecule has 4 nitrogen and oxygen atoms in total. The lowest BCUT2D eigenvalue weighted by Gasteiger charge is -2.11. The van der Waals surface area contributed by atoms with Gasteiger partial charge in [-0.05, 0) is 38.8 Å². The molecule has 1 saturated heterocycles. The zero-order valence-corrected chi connectivity index (χ0v) is 10.7. The SMILES string of the molecule is CCCNCc1cc(C)nc(C2CCCO2)n1. The number of aryl methyl sites for hydroxylation is 1. The van der Waals surface area contributed by atoms with Crippen LogP contribution in [0.5, 0.6) is 0 Å². The zero-order valence-electron chi connectivity index (χ0n) is 10.7. The van der Waals surface area contributed by atoms with E-state index in [0.717, 1.165) is 56.2 Å². The van der Waals surface area contributed by atoms with E-state index >= 15 is 0 Å². The fourth-order valence-electron chi connectivity index (χ4n) is 2.07. The lowest BCUT2D eigenvalue weighted by Crippen LogP contribution is -2.16. The van der Waals surface area contributed by atoms with Gasteiger partial charge in [0.25, 0.3) is 0 Å². The van der Waals surface area contributed by atoms with Crippen molar-refractivity contribution in [2.45, 2.75) is 45.8 Å². The molecule has 0 aliphatic carbocycles. The summed E-state index contributed by atoms with van der Waals surface area (Å²) >= 11 is 0. The molecule has 1 aromatic rings. The van der Waals surface area contributed by atoms with Crippen molar-refractivity contribution in [3.05, 3.63) is 23.3 Å². The predicted molar refractivity (Wildman–Crippen MR) is 66.7 cm³/mol. The normalized spacial score (nSPS) is 19.8. The summed E-state index contributed by atoms with van der Waals surface area (Å²) in [5, 5.41) is 3.37. The van der Waals surface area contributed by atoms with Crippen LogP contribution in [0.25, 0.3) is 0 Å². The summed E-state index contributed by atoms with van der Waals surface area (Å²) in [6.45, 7) is 6.86. The van der Waals surface area contributed by atoms with Crippen LogP contribution in [0.15, 0.2) is 6.07 Å². The van der Waals surface area contributed by atoms with Crippen molar-refractivity contribution in [2.24, 2.45) is 0 Å². The van der Waals surface area contributed by atoms with E-state index in [-0.39, 0.29) is 6.10 Å². The summed E-state index contributed by atoms with van der Waals surface area (Å²) in [7, 11) is 0. The van der Waals surface area contributed by atoms with Gasteiger partial charge in [-0.3, -0.25) is 0 Å². The monoisotopic (exact) mass is 235 g/mol. The highest BCUT2D eigenvalue weighted by Crippen LogP contribution is 2.26. The minimum atomic E-state index is 0.111. The molecule has 2 rings (SSSR count). The Morgan fingerprint density at radius 3 is 3.06 bits per heavy atom. The molecule has 1 unspecified atom stereocenters. The molecule has 4 heteroatoms. The van der Waals surface area contributed by atoms with Crippen LogP contribution in [0, 0.1) is 6.92 Å². The van der Waals surface area contributed by atoms with Crippen molar-refractivity contribution in [1.29, 1.82) is 0 Å². The highest BCUT2D eigenvalue weighted by Gasteiger charge is 2.20. The van der Waals surface area contributed by atoms with Gasteiger partial charge in [0.15, 0.2) is 5.82 Å². The zero-order chi connectivity index (χ0) is 12.1. The second kappa shape index (κ2) is 6.07. The van der Waals surface area contributed by atoms with E-state index in [1.54, 1.807) is 0 Å². The quantitative estimate of drug-likeness (QED) is 0.794. The van der Waals surface area contributed by atoms with Crippen LogP contribution in [-0.2, 0) is 11.3 Å². The summed E-state index contributed by atoms with van der Waals surface area (Å²) < 4.78 is 5.63. The summed E-state index contributed by atoms with van der Waals surface area (Å²) in [6.07, 6.45) is 3.42. The van der Waals surface area contributed by atoms with Gasteiger partial charge in [0.1, 0.15) is 6.10 Å². The fraction of sp³-hybridized carbons (Fsp3) is 0.692. The smallest absolute Gasteiger partial charge is 0.157 e. The molecule has 1 aliphatic heterocycles. The van der Waals surface area contributed by atoms with E-state index in [0.29, 0.717) is 0 Å². The molecule has 17 heavy (non-hydrogen) atoms. The highest BCUT2D eigenvalue weighted by atomic mass is 16.5. The molecule has 2 heterocycles. The van der Waals surface area contributed by atoms with E-state index in [1.807, 2.05) is 13.0 Å². The molecule has 0 radical (unpaired) electrons. The molecule has 94 valence electrons. The standard InChI is InChI=1S/C13H21N3O/c1-3-6-14-9-11-8-10(2)15-13(16-11)12-5-4-7-17-12/h8,12,14H,3-7,9H2,1-2H3. The number of hydrogen-bond acceptors (Lipinski definition) is 4. The fourth-order valence-corrected chi connectivity index (χ4v) is 2.07. The van der Waals surface area contributed by atoms with Gasteiger partial charge < -0.3 is 10.1 Å². The number of rotatable bonds is 5. The van der Waals surface area contributed by atoms with Crippen molar-refractivity contribution in [1.82, 2.24) is 15.3 Å². The third kappa shape index (κ3) is 3.48. The van der Waals surface area contributed by atoms with E-state index < -0.39 is 0 Å². The van der Waals surface area contributed by atoms with Gasteiger partial charge in [-0.2, -0.15) is 0 Å². The molecule has 0 amide bonds. The first-order chi connectivity index (χ1) is 8.29. The van der Waals surface area contributed by atoms with E-state index in [2.05, 4.69) is 22.2 Å². The maximum atomic E-state index is 5.63.